The van der Waals surface area contributed by atoms with Gasteiger partial charge in [0.25, 0.3) is 0 Å². The number of aliphatic hydroxyl groups excluding tert-OH is 1. The molecule has 1 unspecified atom stereocenters. The molecule has 0 spiro atoms. The first-order chi connectivity index (χ1) is 12.5. The van der Waals surface area contributed by atoms with E-state index >= 15 is 0 Å². The molecule has 2 aromatic rings. The molecule has 4 nitrogen and oxygen atoms in total. The molecule has 26 heavy (non-hydrogen) atoms. The van der Waals surface area contributed by atoms with Crippen molar-refractivity contribution in [3.8, 4) is 5.75 Å². The number of hydrogen-bond acceptors (Lipinski definition) is 4. The van der Waals surface area contributed by atoms with Crippen molar-refractivity contribution in [2.75, 3.05) is 44.2 Å². The number of aryl methyl sites for hydroxylation is 2. The Morgan fingerprint density at radius 1 is 1.04 bits per heavy atom. The Morgan fingerprint density at radius 2 is 1.73 bits per heavy atom. The minimum absolute atomic E-state index is 0.317. The quantitative estimate of drug-likeness (QED) is 0.839. The summed E-state index contributed by atoms with van der Waals surface area (Å²) in [5.41, 5.74) is 3.51. The van der Waals surface area contributed by atoms with E-state index in [1.807, 2.05) is 30.3 Å². The van der Waals surface area contributed by atoms with Gasteiger partial charge in [-0.2, -0.15) is 0 Å². The molecule has 0 aromatic heterocycles. The molecule has 0 saturated carbocycles. The Bertz CT molecular complexity index is 709. The first kappa shape index (κ1) is 19.0. The molecule has 0 bridgehead atoms. The van der Waals surface area contributed by atoms with Crippen LogP contribution in [0.2, 0.25) is 5.02 Å². The van der Waals surface area contributed by atoms with E-state index in [2.05, 4.69) is 35.8 Å². The maximum absolute atomic E-state index is 10.3. The first-order valence-electron chi connectivity index (χ1n) is 9.11. The summed E-state index contributed by atoms with van der Waals surface area (Å²) in [7, 11) is 0. The predicted octanol–water partition coefficient (Wildman–Crippen LogP) is 3.52. The smallest absolute Gasteiger partial charge is 0.119 e. The van der Waals surface area contributed by atoms with Gasteiger partial charge in [0.15, 0.2) is 0 Å². The molecule has 1 atom stereocenters. The van der Waals surface area contributed by atoms with Gasteiger partial charge in [-0.15, -0.1) is 0 Å². The van der Waals surface area contributed by atoms with E-state index in [-0.39, 0.29) is 0 Å². The second kappa shape index (κ2) is 8.76. The van der Waals surface area contributed by atoms with Crippen molar-refractivity contribution >= 4 is 17.3 Å². The Balaban J connectivity index is 1.44. The molecular formula is C21H27ClN2O2. The summed E-state index contributed by atoms with van der Waals surface area (Å²) in [5, 5.41) is 11.1. The largest absolute Gasteiger partial charge is 0.491 e. The lowest BCUT2D eigenvalue weighted by molar-refractivity contribution is 0.0663. The highest BCUT2D eigenvalue weighted by Crippen LogP contribution is 2.21. The molecule has 140 valence electrons. The van der Waals surface area contributed by atoms with Gasteiger partial charge in [-0.3, -0.25) is 4.90 Å². The number of benzene rings is 2. The molecule has 1 saturated heterocycles. The second-order valence-corrected chi connectivity index (χ2v) is 7.49. The van der Waals surface area contributed by atoms with Crippen molar-refractivity contribution < 1.29 is 9.84 Å². The highest BCUT2D eigenvalue weighted by Gasteiger charge is 2.20. The van der Waals surface area contributed by atoms with E-state index in [1.165, 1.54) is 11.1 Å². The topological polar surface area (TPSA) is 35.9 Å². The van der Waals surface area contributed by atoms with E-state index in [1.54, 1.807) is 0 Å². The Kier molecular flexibility index (Phi) is 6.41. The van der Waals surface area contributed by atoms with Gasteiger partial charge in [0.1, 0.15) is 18.5 Å². The van der Waals surface area contributed by atoms with Crippen LogP contribution in [0.25, 0.3) is 0 Å². The molecule has 0 aliphatic carbocycles. The number of hydrogen-bond donors (Lipinski definition) is 1. The normalized spacial score (nSPS) is 16.5. The summed E-state index contributed by atoms with van der Waals surface area (Å²) in [5.74, 6) is 0.826. The van der Waals surface area contributed by atoms with E-state index in [0.717, 1.165) is 42.6 Å². The summed E-state index contributed by atoms with van der Waals surface area (Å²) in [6.07, 6.45) is -0.492. The molecule has 0 radical (unpaired) electrons. The highest BCUT2D eigenvalue weighted by molar-refractivity contribution is 6.30. The minimum atomic E-state index is -0.492. The van der Waals surface area contributed by atoms with Gasteiger partial charge in [-0.1, -0.05) is 23.7 Å². The van der Waals surface area contributed by atoms with Crippen molar-refractivity contribution in [3.63, 3.8) is 0 Å². The van der Waals surface area contributed by atoms with E-state index in [4.69, 9.17) is 16.3 Å². The van der Waals surface area contributed by atoms with Gasteiger partial charge in [-0.05, 0) is 55.3 Å². The molecule has 1 aliphatic rings. The molecule has 1 heterocycles. The first-order valence-corrected chi connectivity index (χ1v) is 9.49. The van der Waals surface area contributed by atoms with Crippen LogP contribution in [0.3, 0.4) is 0 Å². The van der Waals surface area contributed by atoms with Crippen molar-refractivity contribution in [2.45, 2.75) is 20.0 Å². The van der Waals surface area contributed by atoms with Crippen LogP contribution < -0.4 is 9.64 Å². The zero-order valence-corrected chi connectivity index (χ0v) is 16.2. The third kappa shape index (κ3) is 5.37. The molecule has 3 rings (SSSR count). The lowest BCUT2D eigenvalue weighted by Crippen LogP contribution is -2.49. The molecule has 2 aromatic carbocycles. The Morgan fingerprint density at radius 3 is 2.38 bits per heavy atom. The van der Waals surface area contributed by atoms with Crippen molar-refractivity contribution in [1.29, 1.82) is 0 Å². The fraction of sp³-hybridized carbons (Fsp3) is 0.429. The van der Waals surface area contributed by atoms with Gasteiger partial charge in [-0.25, -0.2) is 0 Å². The van der Waals surface area contributed by atoms with Crippen LogP contribution in [0.4, 0.5) is 5.69 Å². The summed E-state index contributed by atoms with van der Waals surface area (Å²) in [4.78, 5) is 4.62. The average molecular weight is 375 g/mol. The standard InChI is InChI=1S/C21H27ClN2O2/c1-16-10-17(2)12-21(11-16)26-15-20(25)14-23-6-8-24(9-7-23)19-5-3-4-18(22)13-19/h3-5,10-13,20,25H,6-9,14-15H2,1-2H3. The highest BCUT2D eigenvalue weighted by atomic mass is 35.5. The monoisotopic (exact) mass is 374 g/mol. The molecule has 1 aliphatic heterocycles. The number of halogens is 1. The molecule has 5 heteroatoms. The zero-order valence-electron chi connectivity index (χ0n) is 15.5. The number of aliphatic hydroxyl groups is 1. The van der Waals surface area contributed by atoms with Gasteiger partial charge in [0, 0.05) is 43.4 Å². The predicted molar refractivity (Wildman–Crippen MR) is 108 cm³/mol. The van der Waals surface area contributed by atoms with Crippen molar-refractivity contribution in [3.05, 3.63) is 58.6 Å². The van der Waals surface area contributed by atoms with Crippen LogP contribution in [0.5, 0.6) is 5.75 Å². The number of piperazine rings is 1. The molecule has 1 N–H and O–H groups in total. The molecular weight excluding hydrogens is 348 g/mol. The summed E-state index contributed by atoms with van der Waals surface area (Å²) < 4.78 is 5.77. The van der Waals surface area contributed by atoms with Gasteiger partial charge in [0.05, 0.1) is 0 Å². The van der Waals surface area contributed by atoms with Crippen LogP contribution in [0.15, 0.2) is 42.5 Å². The van der Waals surface area contributed by atoms with Crippen molar-refractivity contribution in [2.24, 2.45) is 0 Å². The van der Waals surface area contributed by atoms with Gasteiger partial charge < -0.3 is 14.7 Å². The fourth-order valence-electron chi connectivity index (χ4n) is 3.42. The Labute approximate surface area is 160 Å². The lowest BCUT2D eigenvalue weighted by atomic mass is 10.1. The molecule has 0 amide bonds. The third-order valence-corrected chi connectivity index (χ3v) is 4.89. The fourth-order valence-corrected chi connectivity index (χ4v) is 3.61. The number of nitrogens with zero attached hydrogens (tertiary/aromatic N) is 2. The number of β-amino-alcohol motifs (C(OH)–C–C–N with tert-alkyl or cyclic N) is 1. The SMILES string of the molecule is Cc1cc(C)cc(OCC(O)CN2CCN(c3cccc(Cl)c3)CC2)c1. The average Bonchev–Trinajstić information content (AvgIpc) is 2.60. The van der Waals surface area contributed by atoms with Crippen LogP contribution in [-0.2, 0) is 0 Å². The number of anilines is 1. The van der Waals surface area contributed by atoms with E-state index in [0.29, 0.717) is 13.2 Å². The second-order valence-electron chi connectivity index (χ2n) is 7.06. The van der Waals surface area contributed by atoms with Crippen LogP contribution >= 0.6 is 11.6 Å². The Hall–Kier alpha value is -1.75. The van der Waals surface area contributed by atoms with Crippen molar-refractivity contribution in [1.82, 2.24) is 4.90 Å². The molecule has 1 fully saturated rings. The van der Waals surface area contributed by atoms with Gasteiger partial charge in [0.2, 0.25) is 0 Å². The summed E-state index contributed by atoms with van der Waals surface area (Å²) in [6, 6.07) is 14.1. The summed E-state index contributed by atoms with van der Waals surface area (Å²) in [6.45, 7) is 8.77. The van der Waals surface area contributed by atoms with Crippen LogP contribution in [0.1, 0.15) is 11.1 Å². The number of ether oxygens (including phenoxy) is 1. The van der Waals surface area contributed by atoms with Crippen LogP contribution in [-0.4, -0.2) is 55.4 Å². The lowest BCUT2D eigenvalue weighted by Gasteiger charge is -2.36. The maximum Gasteiger partial charge on any atom is 0.119 e. The minimum Gasteiger partial charge on any atom is -0.491 e. The van der Waals surface area contributed by atoms with E-state index < -0.39 is 6.10 Å². The van der Waals surface area contributed by atoms with E-state index in [9.17, 15) is 5.11 Å². The zero-order chi connectivity index (χ0) is 18.5. The third-order valence-electron chi connectivity index (χ3n) is 4.65. The number of rotatable bonds is 6. The maximum atomic E-state index is 10.3. The summed E-state index contributed by atoms with van der Waals surface area (Å²) >= 11 is 6.08. The van der Waals surface area contributed by atoms with Gasteiger partial charge >= 0.3 is 0 Å². The van der Waals surface area contributed by atoms with Crippen LogP contribution in [0, 0.1) is 13.8 Å².